The summed E-state index contributed by atoms with van der Waals surface area (Å²) in [6, 6.07) is 20.7. The lowest BCUT2D eigenvalue weighted by Crippen LogP contribution is -1.97. The van der Waals surface area contributed by atoms with Crippen molar-refractivity contribution in [3.05, 3.63) is 88.5 Å². The van der Waals surface area contributed by atoms with Gasteiger partial charge in [0, 0.05) is 12.1 Å². The van der Waals surface area contributed by atoms with Crippen LogP contribution in [0.1, 0.15) is 5.56 Å². The molecule has 0 unspecified atom stereocenters. The van der Waals surface area contributed by atoms with Crippen LogP contribution in [0.25, 0.3) is 0 Å². The second-order valence-electron chi connectivity index (χ2n) is 5.33. The topological polar surface area (TPSA) is 87.6 Å². The Labute approximate surface area is 156 Å². The van der Waals surface area contributed by atoms with E-state index in [2.05, 4.69) is 0 Å². The first-order valence-electron chi connectivity index (χ1n) is 7.60. The Balaban J connectivity index is 0.00000243. The molecule has 3 rings (SSSR count). The van der Waals surface area contributed by atoms with Gasteiger partial charge in [0.25, 0.3) is 5.69 Å². The molecule has 134 valence electrons. The van der Waals surface area contributed by atoms with Crippen molar-refractivity contribution in [2.45, 2.75) is 6.61 Å². The van der Waals surface area contributed by atoms with Crippen molar-refractivity contribution in [3.63, 3.8) is 0 Å². The van der Waals surface area contributed by atoms with Crippen LogP contribution in [0.5, 0.6) is 17.2 Å². The Hall–Kier alpha value is -3.25. The quantitative estimate of drug-likeness (QED) is 0.375. The monoisotopic (exact) mass is 372 g/mol. The minimum absolute atomic E-state index is 0. The number of hydrogen-bond donors (Lipinski definition) is 1. The number of nitro groups is 1. The Kier molecular flexibility index (Phi) is 6.41. The molecule has 0 spiro atoms. The molecule has 0 saturated carbocycles. The van der Waals surface area contributed by atoms with E-state index in [1.807, 2.05) is 12.1 Å². The van der Waals surface area contributed by atoms with E-state index in [1.165, 1.54) is 12.1 Å². The van der Waals surface area contributed by atoms with E-state index in [-0.39, 0.29) is 24.7 Å². The second kappa shape index (κ2) is 8.73. The molecule has 2 N–H and O–H groups in total. The fourth-order valence-corrected chi connectivity index (χ4v) is 2.23. The predicted molar refractivity (Wildman–Crippen MR) is 102 cm³/mol. The molecular weight excluding hydrogens is 356 g/mol. The first-order chi connectivity index (χ1) is 12.1. The Bertz CT molecular complexity index is 885. The molecule has 26 heavy (non-hydrogen) atoms. The summed E-state index contributed by atoms with van der Waals surface area (Å²) in [6.07, 6.45) is 0. The molecule has 0 bridgehead atoms. The molecule has 0 saturated heterocycles. The van der Waals surface area contributed by atoms with Crippen molar-refractivity contribution in [3.8, 4) is 17.2 Å². The van der Waals surface area contributed by atoms with Gasteiger partial charge in [0.2, 0.25) is 0 Å². The number of nitro benzene ring substituents is 1. The molecule has 0 heterocycles. The lowest BCUT2D eigenvalue weighted by atomic mass is 10.2. The molecule has 0 aliphatic heterocycles. The minimum Gasteiger partial charge on any atom is -0.489 e. The minimum atomic E-state index is -0.426. The van der Waals surface area contributed by atoms with Crippen LogP contribution in [0, 0.1) is 10.1 Å². The van der Waals surface area contributed by atoms with Crippen LogP contribution in [0.4, 0.5) is 11.4 Å². The largest absolute Gasteiger partial charge is 0.489 e. The highest BCUT2D eigenvalue weighted by Gasteiger charge is 2.06. The van der Waals surface area contributed by atoms with Gasteiger partial charge in [-0.25, -0.2) is 0 Å². The number of non-ortho nitro benzene ring substituents is 1. The van der Waals surface area contributed by atoms with Crippen molar-refractivity contribution >= 4 is 23.8 Å². The van der Waals surface area contributed by atoms with Gasteiger partial charge in [0.05, 0.1) is 10.6 Å². The Morgan fingerprint density at radius 1 is 0.923 bits per heavy atom. The molecule has 0 amide bonds. The van der Waals surface area contributed by atoms with E-state index in [4.69, 9.17) is 15.2 Å². The van der Waals surface area contributed by atoms with Crippen molar-refractivity contribution in [1.82, 2.24) is 0 Å². The average Bonchev–Trinajstić information content (AvgIpc) is 2.63. The zero-order chi connectivity index (χ0) is 17.6. The molecule has 3 aromatic rings. The summed E-state index contributed by atoms with van der Waals surface area (Å²) in [4.78, 5) is 10.4. The average molecular weight is 373 g/mol. The molecule has 0 aliphatic rings. The normalized spacial score (nSPS) is 9.85. The first kappa shape index (κ1) is 19.1. The maximum Gasteiger partial charge on any atom is 0.269 e. The highest BCUT2D eigenvalue weighted by Crippen LogP contribution is 2.28. The fourth-order valence-electron chi connectivity index (χ4n) is 2.23. The van der Waals surface area contributed by atoms with Crippen LogP contribution in [-0.4, -0.2) is 4.92 Å². The van der Waals surface area contributed by atoms with Gasteiger partial charge in [-0.05, 0) is 42.0 Å². The van der Waals surface area contributed by atoms with Gasteiger partial charge in [-0.2, -0.15) is 0 Å². The summed E-state index contributed by atoms with van der Waals surface area (Å²) in [5, 5.41) is 10.8. The van der Waals surface area contributed by atoms with E-state index in [1.54, 1.807) is 48.5 Å². The van der Waals surface area contributed by atoms with E-state index in [0.29, 0.717) is 22.9 Å². The smallest absolute Gasteiger partial charge is 0.269 e. The number of nitrogen functional groups attached to an aromatic ring is 1. The van der Waals surface area contributed by atoms with Gasteiger partial charge in [-0.1, -0.05) is 24.3 Å². The highest BCUT2D eigenvalue weighted by atomic mass is 35.5. The molecule has 0 aromatic heterocycles. The number of anilines is 1. The molecule has 0 aliphatic carbocycles. The summed E-state index contributed by atoms with van der Waals surface area (Å²) >= 11 is 0. The van der Waals surface area contributed by atoms with Crippen LogP contribution < -0.4 is 15.2 Å². The van der Waals surface area contributed by atoms with Gasteiger partial charge >= 0.3 is 0 Å². The second-order valence-corrected chi connectivity index (χ2v) is 5.33. The van der Waals surface area contributed by atoms with Crippen LogP contribution >= 0.6 is 12.4 Å². The zero-order valence-electron chi connectivity index (χ0n) is 13.7. The number of halogens is 1. The number of nitrogens with two attached hydrogens (primary N) is 1. The fraction of sp³-hybridized carbons (Fsp3) is 0.0526. The van der Waals surface area contributed by atoms with Crippen molar-refractivity contribution in [2.75, 3.05) is 5.73 Å². The molecular formula is C19H17ClN2O4. The summed E-state index contributed by atoms with van der Waals surface area (Å²) in [5.74, 6) is 1.87. The van der Waals surface area contributed by atoms with Crippen LogP contribution in [0.2, 0.25) is 0 Å². The maximum atomic E-state index is 10.8. The lowest BCUT2D eigenvalue weighted by Gasteiger charge is -2.10. The lowest BCUT2D eigenvalue weighted by molar-refractivity contribution is -0.384. The third kappa shape index (κ3) is 4.87. The van der Waals surface area contributed by atoms with Crippen molar-refractivity contribution in [1.29, 1.82) is 0 Å². The summed E-state index contributed by atoms with van der Waals surface area (Å²) in [5.41, 5.74) is 7.18. The van der Waals surface area contributed by atoms with Gasteiger partial charge in [0.15, 0.2) is 0 Å². The van der Waals surface area contributed by atoms with Gasteiger partial charge in [-0.15, -0.1) is 12.4 Å². The number of para-hydroxylation sites is 2. The Morgan fingerprint density at radius 3 is 2.31 bits per heavy atom. The molecule has 0 radical (unpaired) electrons. The molecule has 0 atom stereocenters. The Morgan fingerprint density at radius 2 is 1.62 bits per heavy atom. The third-order valence-electron chi connectivity index (χ3n) is 3.50. The highest BCUT2D eigenvalue weighted by molar-refractivity contribution is 5.85. The first-order valence-corrected chi connectivity index (χ1v) is 7.60. The summed E-state index contributed by atoms with van der Waals surface area (Å²) in [7, 11) is 0. The molecule has 6 nitrogen and oxygen atoms in total. The maximum absolute atomic E-state index is 10.8. The van der Waals surface area contributed by atoms with E-state index >= 15 is 0 Å². The van der Waals surface area contributed by atoms with Gasteiger partial charge in [-0.3, -0.25) is 10.1 Å². The molecule has 0 fully saturated rings. The van der Waals surface area contributed by atoms with Crippen molar-refractivity contribution in [2.24, 2.45) is 0 Å². The van der Waals surface area contributed by atoms with Crippen molar-refractivity contribution < 1.29 is 14.4 Å². The van der Waals surface area contributed by atoms with Gasteiger partial charge < -0.3 is 15.2 Å². The van der Waals surface area contributed by atoms with E-state index in [9.17, 15) is 10.1 Å². The third-order valence-corrected chi connectivity index (χ3v) is 3.50. The summed E-state index contributed by atoms with van der Waals surface area (Å²) in [6.45, 7) is 0.244. The van der Waals surface area contributed by atoms with Crippen LogP contribution in [-0.2, 0) is 6.61 Å². The number of benzene rings is 3. The number of hydrogen-bond acceptors (Lipinski definition) is 5. The predicted octanol–water partition coefficient (Wildman–Crippen LogP) is 4.97. The molecule has 3 aromatic carbocycles. The SMILES string of the molecule is Cl.Nc1ccccc1Oc1ccc(OCc2cccc([N+](=O)[O-])c2)cc1. The molecule has 7 heteroatoms. The number of ether oxygens (including phenoxy) is 2. The van der Waals surface area contributed by atoms with Crippen LogP contribution in [0.3, 0.4) is 0 Å². The standard InChI is InChI=1S/C19H16N2O4.ClH/c20-18-6-1-2-7-19(18)25-17-10-8-16(9-11-17)24-13-14-4-3-5-15(12-14)21(22)23;/h1-12H,13,20H2;1H. The van der Waals surface area contributed by atoms with Crippen LogP contribution in [0.15, 0.2) is 72.8 Å². The van der Waals surface area contributed by atoms with E-state index < -0.39 is 4.92 Å². The number of nitrogens with zero attached hydrogens (tertiary/aromatic N) is 1. The van der Waals surface area contributed by atoms with E-state index in [0.717, 1.165) is 5.56 Å². The number of rotatable bonds is 6. The zero-order valence-corrected chi connectivity index (χ0v) is 14.5. The summed E-state index contributed by atoms with van der Waals surface area (Å²) < 4.78 is 11.4. The van der Waals surface area contributed by atoms with Gasteiger partial charge in [0.1, 0.15) is 23.9 Å².